The van der Waals surface area contributed by atoms with E-state index in [0.717, 1.165) is 54.3 Å². The summed E-state index contributed by atoms with van der Waals surface area (Å²) in [6.45, 7) is 5.35. The zero-order valence-corrected chi connectivity index (χ0v) is 16.7. The lowest BCUT2D eigenvalue weighted by atomic mass is 10.0. The van der Waals surface area contributed by atoms with Crippen LogP contribution in [0.25, 0.3) is 11.3 Å². The van der Waals surface area contributed by atoms with Crippen LogP contribution in [0.2, 0.25) is 0 Å². The van der Waals surface area contributed by atoms with E-state index in [0.29, 0.717) is 11.7 Å². The maximum Gasteiger partial charge on any atom is 0.260 e. The summed E-state index contributed by atoms with van der Waals surface area (Å²) in [4.78, 5) is 23.1. The highest BCUT2D eigenvalue weighted by Crippen LogP contribution is 2.26. The number of hydrogen-bond donors (Lipinski definition) is 0. The molecule has 1 saturated heterocycles. The van der Waals surface area contributed by atoms with Crippen molar-refractivity contribution in [1.82, 2.24) is 20.0 Å². The molecule has 0 saturated carbocycles. The van der Waals surface area contributed by atoms with Crippen molar-refractivity contribution in [3.8, 4) is 17.0 Å². The van der Waals surface area contributed by atoms with E-state index in [-0.39, 0.29) is 12.5 Å². The smallest absolute Gasteiger partial charge is 0.260 e. The summed E-state index contributed by atoms with van der Waals surface area (Å²) in [5, 5.41) is 4.02. The van der Waals surface area contributed by atoms with Gasteiger partial charge in [-0.1, -0.05) is 11.2 Å². The number of carbonyl (C=O) groups excluding carboxylic acids is 1. The van der Waals surface area contributed by atoms with E-state index in [2.05, 4.69) is 10.1 Å². The fourth-order valence-electron chi connectivity index (χ4n) is 3.77. The van der Waals surface area contributed by atoms with Gasteiger partial charge in [-0.25, -0.2) is 0 Å². The number of hydrogen-bond acceptors (Lipinski definition) is 6. The third-order valence-corrected chi connectivity index (χ3v) is 5.23. The minimum atomic E-state index is 0.00813. The molecule has 1 aliphatic rings. The van der Waals surface area contributed by atoms with E-state index in [1.807, 2.05) is 36.9 Å². The Morgan fingerprint density at radius 3 is 2.93 bits per heavy atom. The SMILES string of the molecule is Cc1noc(C)c1-c1cccc(C[C@@H]2CCN(C(=O)COc3cccnc3)C2)n1. The molecule has 150 valence electrons. The predicted octanol–water partition coefficient (Wildman–Crippen LogP) is 3.22. The number of nitrogens with zero attached hydrogens (tertiary/aromatic N) is 4. The molecule has 4 heterocycles. The van der Waals surface area contributed by atoms with Gasteiger partial charge in [0.05, 0.1) is 23.1 Å². The normalized spacial score (nSPS) is 16.2. The van der Waals surface area contributed by atoms with Gasteiger partial charge in [0.15, 0.2) is 6.61 Å². The number of ether oxygens (including phenoxy) is 1. The van der Waals surface area contributed by atoms with Gasteiger partial charge in [0.2, 0.25) is 0 Å². The average Bonchev–Trinajstić information content (AvgIpc) is 3.33. The van der Waals surface area contributed by atoms with Gasteiger partial charge in [-0.2, -0.15) is 0 Å². The molecule has 3 aromatic heterocycles. The summed E-state index contributed by atoms with van der Waals surface area (Å²) in [6, 6.07) is 9.62. The van der Waals surface area contributed by atoms with E-state index in [4.69, 9.17) is 14.2 Å². The van der Waals surface area contributed by atoms with Crippen LogP contribution in [0, 0.1) is 19.8 Å². The van der Waals surface area contributed by atoms with E-state index in [9.17, 15) is 4.79 Å². The summed E-state index contributed by atoms with van der Waals surface area (Å²) in [5.74, 6) is 1.79. The maximum absolute atomic E-state index is 12.4. The molecule has 0 aliphatic carbocycles. The molecule has 1 fully saturated rings. The molecule has 0 aromatic carbocycles. The number of aromatic nitrogens is 3. The van der Waals surface area contributed by atoms with Gasteiger partial charge >= 0.3 is 0 Å². The molecule has 0 spiro atoms. The largest absolute Gasteiger partial charge is 0.482 e. The van der Waals surface area contributed by atoms with Crippen LogP contribution >= 0.6 is 0 Å². The number of aryl methyl sites for hydroxylation is 2. The number of pyridine rings is 2. The Balaban J connectivity index is 1.34. The van der Waals surface area contributed by atoms with Crippen LogP contribution in [0.3, 0.4) is 0 Å². The first-order chi connectivity index (χ1) is 14.1. The number of carbonyl (C=O) groups is 1. The number of likely N-dealkylation sites (tertiary alicyclic amines) is 1. The van der Waals surface area contributed by atoms with Crippen molar-refractivity contribution in [3.63, 3.8) is 0 Å². The Hall–Kier alpha value is -3.22. The van der Waals surface area contributed by atoms with Crippen molar-refractivity contribution < 1.29 is 14.1 Å². The summed E-state index contributed by atoms with van der Waals surface area (Å²) >= 11 is 0. The highest BCUT2D eigenvalue weighted by Gasteiger charge is 2.27. The van der Waals surface area contributed by atoms with Gasteiger partial charge < -0.3 is 14.2 Å². The van der Waals surface area contributed by atoms with Gasteiger partial charge in [-0.05, 0) is 56.9 Å². The fourth-order valence-corrected chi connectivity index (χ4v) is 3.77. The van der Waals surface area contributed by atoms with Gasteiger partial charge in [0.25, 0.3) is 5.91 Å². The lowest BCUT2D eigenvalue weighted by molar-refractivity contribution is -0.132. The van der Waals surface area contributed by atoms with Gasteiger partial charge in [-0.15, -0.1) is 0 Å². The third-order valence-electron chi connectivity index (χ3n) is 5.23. The molecule has 1 aliphatic heterocycles. The third kappa shape index (κ3) is 4.45. The van der Waals surface area contributed by atoms with Crippen molar-refractivity contribution in [2.24, 2.45) is 5.92 Å². The van der Waals surface area contributed by atoms with E-state index < -0.39 is 0 Å². The second-order valence-corrected chi connectivity index (χ2v) is 7.39. The standard InChI is InChI=1S/C22H24N4O3/c1-15-22(16(2)29-25-15)20-7-3-5-18(24-20)11-17-8-10-26(13-17)21(27)14-28-19-6-4-9-23-12-19/h3-7,9,12,17H,8,10-11,13-14H2,1-2H3/t17-/m0/s1. The van der Waals surface area contributed by atoms with Gasteiger partial charge in [0, 0.05) is 25.0 Å². The van der Waals surface area contributed by atoms with Gasteiger partial charge in [0.1, 0.15) is 11.5 Å². The van der Waals surface area contributed by atoms with Crippen molar-refractivity contribution >= 4 is 5.91 Å². The first kappa shape index (κ1) is 19.1. The van der Waals surface area contributed by atoms with Crippen LogP contribution in [0.5, 0.6) is 5.75 Å². The predicted molar refractivity (Wildman–Crippen MR) is 107 cm³/mol. The monoisotopic (exact) mass is 392 g/mol. The quantitative estimate of drug-likeness (QED) is 0.641. The lowest BCUT2D eigenvalue weighted by Crippen LogP contribution is -2.33. The summed E-state index contributed by atoms with van der Waals surface area (Å²) in [5.41, 5.74) is 3.71. The second-order valence-electron chi connectivity index (χ2n) is 7.39. The Labute approximate surface area is 169 Å². The molecule has 7 nitrogen and oxygen atoms in total. The number of rotatable bonds is 6. The van der Waals surface area contributed by atoms with Crippen molar-refractivity contribution in [3.05, 3.63) is 59.9 Å². The van der Waals surface area contributed by atoms with E-state index >= 15 is 0 Å². The summed E-state index contributed by atoms with van der Waals surface area (Å²) < 4.78 is 10.8. The molecule has 7 heteroatoms. The van der Waals surface area contributed by atoms with Crippen LogP contribution in [-0.4, -0.2) is 45.6 Å². The Kier molecular flexibility index (Phi) is 5.55. The lowest BCUT2D eigenvalue weighted by Gasteiger charge is -2.17. The van der Waals surface area contributed by atoms with Crippen molar-refractivity contribution in [2.75, 3.05) is 19.7 Å². The molecule has 0 radical (unpaired) electrons. The molecule has 1 amide bonds. The molecule has 0 N–H and O–H groups in total. The minimum Gasteiger partial charge on any atom is -0.482 e. The Bertz CT molecular complexity index is 967. The molecular formula is C22H24N4O3. The first-order valence-electron chi connectivity index (χ1n) is 9.80. The molecule has 3 aromatic rings. The number of amides is 1. The van der Waals surface area contributed by atoms with Gasteiger partial charge in [-0.3, -0.25) is 14.8 Å². The fraction of sp³-hybridized carbons (Fsp3) is 0.364. The average molecular weight is 392 g/mol. The van der Waals surface area contributed by atoms with Crippen molar-refractivity contribution in [2.45, 2.75) is 26.7 Å². The van der Waals surface area contributed by atoms with Crippen LogP contribution in [0.1, 0.15) is 23.6 Å². The molecule has 4 rings (SSSR count). The Morgan fingerprint density at radius 2 is 2.17 bits per heavy atom. The highest BCUT2D eigenvalue weighted by atomic mass is 16.5. The molecule has 0 unspecified atom stereocenters. The first-order valence-corrected chi connectivity index (χ1v) is 9.80. The van der Waals surface area contributed by atoms with Crippen LogP contribution in [0.15, 0.2) is 47.2 Å². The van der Waals surface area contributed by atoms with E-state index in [1.54, 1.807) is 24.5 Å². The highest BCUT2D eigenvalue weighted by molar-refractivity contribution is 5.78. The van der Waals surface area contributed by atoms with Crippen molar-refractivity contribution in [1.29, 1.82) is 0 Å². The van der Waals surface area contributed by atoms with Crippen LogP contribution in [0.4, 0.5) is 0 Å². The molecule has 0 bridgehead atoms. The molecular weight excluding hydrogens is 368 g/mol. The topological polar surface area (TPSA) is 81.4 Å². The second kappa shape index (κ2) is 8.43. The van der Waals surface area contributed by atoms with Crippen LogP contribution in [-0.2, 0) is 11.2 Å². The maximum atomic E-state index is 12.4. The summed E-state index contributed by atoms with van der Waals surface area (Å²) in [6.07, 6.45) is 5.09. The molecule has 29 heavy (non-hydrogen) atoms. The zero-order valence-electron chi connectivity index (χ0n) is 16.7. The Morgan fingerprint density at radius 1 is 1.28 bits per heavy atom. The summed E-state index contributed by atoms with van der Waals surface area (Å²) in [7, 11) is 0. The zero-order chi connectivity index (χ0) is 20.2. The minimum absolute atomic E-state index is 0.00813. The van der Waals surface area contributed by atoms with Crippen LogP contribution < -0.4 is 4.74 Å². The van der Waals surface area contributed by atoms with E-state index in [1.165, 1.54) is 0 Å². The molecule has 1 atom stereocenters.